The molecular formula is C62H105O11P. The summed E-state index contributed by atoms with van der Waals surface area (Å²) in [6.45, 7) is 4.35. The van der Waals surface area contributed by atoms with Crippen LogP contribution in [0, 0.1) is 0 Å². The predicted octanol–water partition coefficient (Wildman–Crippen LogP) is 17.3. The molecule has 0 aliphatic heterocycles. The van der Waals surface area contributed by atoms with Gasteiger partial charge in [-0.25, -0.2) is 4.57 Å². The number of hydrogen-bond acceptors (Lipinski definition) is 10. The molecule has 0 saturated heterocycles. The third-order valence-corrected chi connectivity index (χ3v) is 12.9. The van der Waals surface area contributed by atoms with Crippen molar-refractivity contribution in [3.63, 3.8) is 0 Å². The molecule has 0 aromatic carbocycles. The normalized spacial score (nSPS) is 14.1. The third-order valence-electron chi connectivity index (χ3n) is 12.0. The van der Waals surface area contributed by atoms with Crippen molar-refractivity contribution < 1.29 is 52.2 Å². The number of rotatable bonds is 53. The van der Waals surface area contributed by atoms with E-state index in [2.05, 4.69) is 118 Å². The number of esters is 3. The van der Waals surface area contributed by atoms with Crippen LogP contribution in [0.3, 0.4) is 0 Å². The largest absolute Gasteiger partial charge is 0.472 e. The van der Waals surface area contributed by atoms with Crippen LogP contribution >= 0.6 is 7.82 Å². The van der Waals surface area contributed by atoms with Gasteiger partial charge in [-0.05, 0) is 116 Å². The number of carbonyl (C=O) groups excluding carboxylic acids is 3. The number of ether oxygens (including phenoxy) is 3. The minimum atomic E-state index is -4.76. The van der Waals surface area contributed by atoms with Crippen LogP contribution in [-0.2, 0) is 42.2 Å². The molecule has 0 bridgehead atoms. The first-order valence-corrected chi connectivity index (χ1v) is 30.6. The van der Waals surface area contributed by atoms with E-state index < -0.39 is 57.8 Å². The summed E-state index contributed by atoms with van der Waals surface area (Å²) in [5.74, 6) is -1.51. The van der Waals surface area contributed by atoms with Gasteiger partial charge in [0, 0.05) is 19.3 Å². The summed E-state index contributed by atoms with van der Waals surface area (Å²) in [6.07, 6.45) is 65.0. The van der Waals surface area contributed by atoms with Crippen LogP contribution in [0.5, 0.6) is 0 Å². The highest BCUT2D eigenvalue weighted by Crippen LogP contribution is 2.43. The Bertz CT molecular complexity index is 1610. The Balaban J connectivity index is 4.78. The zero-order chi connectivity index (χ0) is 54.1. The molecule has 74 heavy (non-hydrogen) atoms. The monoisotopic (exact) mass is 1060 g/mol. The lowest BCUT2D eigenvalue weighted by Crippen LogP contribution is -2.30. The predicted molar refractivity (Wildman–Crippen MR) is 307 cm³/mol. The van der Waals surface area contributed by atoms with Crippen molar-refractivity contribution in [2.24, 2.45) is 0 Å². The van der Waals surface area contributed by atoms with E-state index in [0.717, 1.165) is 154 Å². The maximum absolute atomic E-state index is 12.9. The molecule has 3 unspecified atom stereocenters. The van der Waals surface area contributed by atoms with Crippen molar-refractivity contribution in [1.82, 2.24) is 0 Å². The summed E-state index contributed by atoms with van der Waals surface area (Å²) in [5, 5.41) is 9.82. The average molecular weight is 1060 g/mol. The van der Waals surface area contributed by atoms with Crippen molar-refractivity contribution in [1.29, 1.82) is 0 Å². The lowest BCUT2D eigenvalue weighted by molar-refractivity contribution is -0.161. The van der Waals surface area contributed by atoms with Gasteiger partial charge >= 0.3 is 25.7 Å². The lowest BCUT2D eigenvalue weighted by atomic mass is 10.1. The second-order valence-electron chi connectivity index (χ2n) is 19.0. The number of hydrogen-bond donors (Lipinski definition) is 2. The molecule has 0 spiro atoms. The average Bonchev–Trinajstić information content (AvgIpc) is 3.39. The first kappa shape index (κ1) is 70.4. The van der Waals surface area contributed by atoms with E-state index in [1.807, 2.05) is 0 Å². The summed E-state index contributed by atoms with van der Waals surface area (Å²) < 4.78 is 39.5. The number of phosphoric ester groups is 1. The van der Waals surface area contributed by atoms with Crippen LogP contribution in [0.4, 0.5) is 0 Å². The van der Waals surface area contributed by atoms with Crippen LogP contribution in [-0.4, -0.2) is 66.5 Å². The second-order valence-corrected chi connectivity index (χ2v) is 20.5. The van der Waals surface area contributed by atoms with Crippen LogP contribution in [0.15, 0.2) is 97.2 Å². The maximum Gasteiger partial charge on any atom is 0.472 e. The minimum Gasteiger partial charge on any atom is -0.462 e. The minimum absolute atomic E-state index is 0.148. The van der Waals surface area contributed by atoms with Gasteiger partial charge in [0.25, 0.3) is 0 Å². The van der Waals surface area contributed by atoms with E-state index in [1.54, 1.807) is 0 Å². The molecule has 12 heteroatoms. The Hall–Kier alpha value is -3.60. The molecule has 2 N–H and O–H groups in total. The first-order valence-electron chi connectivity index (χ1n) is 29.1. The number of allylic oxidation sites excluding steroid dienone is 16. The molecule has 0 fully saturated rings. The van der Waals surface area contributed by atoms with E-state index in [0.29, 0.717) is 19.3 Å². The number of unbranched alkanes of at least 4 members (excludes halogenated alkanes) is 20. The first-order chi connectivity index (χ1) is 36.2. The standard InChI is InChI=1S/C62H105O11P/c1-4-7-10-13-16-19-22-25-28-29-32-35-38-41-44-47-50-53-62(66)73-59(55-69-60(64)51-48-45-42-39-36-33-30-26-23-20-17-14-11-8-5-2)57-71-74(67,68)70-56-58(54-63)72-61(65)52-49-46-43-40-37-34-31-27-24-21-18-15-12-9-6-3/h7,9-10,12,16-21,25-28,30-31,58-59,63H,4-6,8,11,13-15,22-24,29,32-57H2,1-3H3,(H,67,68)/b10-7-,12-9-,19-16-,20-17-,21-18-,28-25-,30-26-,31-27-. The van der Waals surface area contributed by atoms with E-state index >= 15 is 0 Å². The van der Waals surface area contributed by atoms with Crippen molar-refractivity contribution in [2.75, 3.05) is 26.4 Å². The summed E-state index contributed by atoms with van der Waals surface area (Å²) in [7, 11) is -4.76. The topological polar surface area (TPSA) is 155 Å². The fraction of sp³-hybridized carbons (Fsp3) is 0.694. The Morgan fingerprint density at radius 3 is 1.08 bits per heavy atom. The summed E-state index contributed by atoms with van der Waals surface area (Å²) in [5.41, 5.74) is 0. The highest BCUT2D eigenvalue weighted by atomic mass is 31.2. The zero-order valence-electron chi connectivity index (χ0n) is 46.8. The van der Waals surface area contributed by atoms with Crippen LogP contribution in [0.2, 0.25) is 0 Å². The molecule has 0 aliphatic rings. The van der Waals surface area contributed by atoms with Gasteiger partial charge in [0.15, 0.2) is 6.10 Å². The van der Waals surface area contributed by atoms with Crippen molar-refractivity contribution in [2.45, 2.75) is 251 Å². The molecule has 0 aromatic rings. The molecule has 3 atom stereocenters. The van der Waals surface area contributed by atoms with Crippen LogP contribution < -0.4 is 0 Å². The number of aliphatic hydroxyl groups excluding tert-OH is 1. The smallest absolute Gasteiger partial charge is 0.462 e. The van der Waals surface area contributed by atoms with Gasteiger partial charge in [-0.15, -0.1) is 0 Å². The molecule has 0 aromatic heterocycles. The fourth-order valence-corrected chi connectivity index (χ4v) is 8.37. The van der Waals surface area contributed by atoms with E-state index in [1.165, 1.54) is 25.7 Å². The van der Waals surface area contributed by atoms with E-state index in [4.69, 9.17) is 23.3 Å². The quantitative estimate of drug-likeness (QED) is 0.0197. The van der Waals surface area contributed by atoms with Crippen molar-refractivity contribution >= 4 is 25.7 Å². The van der Waals surface area contributed by atoms with Gasteiger partial charge in [-0.3, -0.25) is 23.4 Å². The molecule has 424 valence electrons. The fourth-order valence-electron chi connectivity index (χ4n) is 7.59. The summed E-state index contributed by atoms with van der Waals surface area (Å²) in [4.78, 5) is 48.6. The molecule has 0 rings (SSSR count). The SMILES string of the molecule is CC/C=C\C/C=C\C/C=C\CCCCCCCCCC(=O)OC(COC(=O)CCCCCCC/C=C\C/C=C\CCCCC)COP(=O)(O)OCC(CO)OC(=O)CCCCCCC/C=C\C/C=C\C/C=C\CC. The summed E-state index contributed by atoms with van der Waals surface area (Å²) in [6, 6.07) is 0. The summed E-state index contributed by atoms with van der Waals surface area (Å²) >= 11 is 0. The number of aliphatic hydroxyl groups is 1. The molecule has 0 saturated carbocycles. The molecule has 0 aliphatic carbocycles. The van der Waals surface area contributed by atoms with E-state index in [-0.39, 0.29) is 25.9 Å². The lowest BCUT2D eigenvalue weighted by Gasteiger charge is -2.21. The van der Waals surface area contributed by atoms with Gasteiger partial charge in [0.05, 0.1) is 19.8 Å². The third kappa shape index (κ3) is 53.2. The van der Waals surface area contributed by atoms with Gasteiger partial charge in [0.1, 0.15) is 12.7 Å². The van der Waals surface area contributed by atoms with Crippen molar-refractivity contribution in [3.05, 3.63) is 97.2 Å². The number of carbonyl (C=O) groups is 3. The Labute approximate surface area is 451 Å². The van der Waals surface area contributed by atoms with Crippen molar-refractivity contribution in [3.8, 4) is 0 Å². The molecule has 0 amide bonds. The number of phosphoric acid groups is 1. The molecule has 0 heterocycles. The Kier molecular flexibility index (Phi) is 52.9. The van der Waals surface area contributed by atoms with Gasteiger partial charge in [-0.2, -0.15) is 0 Å². The highest BCUT2D eigenvalue weighted by Gasteiger charge is 2.28. The highest BCUT2D eigenvalue weighted by molar-refractivity contribution is 7.47. The second kappa shape index (κ2) is 55.6. The van der Waals surface area contributed by atoms with Gasteiger partial charge in [0.2, 0.25) is 0 Å². The van der Waals surface area contributed by atoms with Gasteiger partial charge in [-0.1, -0.05) is 201 Å². The van der Waals surface area contributed by atoms with Gasteiger partial charge < -0.3 is 24.2 Å². The molecular weight excluding hydrogens is 952 g/mol. The Morgan fingerprint density at radius 2 is 0.703 bits per heavy atom. The Morgan fingerprint density at radius 1 is 0.392 bits per heavy atom. The molecule has 11 nitrogen and oxygen atoms in total. The zero-order valence-corrected chi connectivity index (χ0v) is 47.7. The molecule has 0 radical (unpaired) electrons. The van der Waals surface area contributed by atoms with Crippen LogP contribution in [0.25, 0.3) is 0 Å². The van der Waals surface area contributed by atoms with E-state index in [9.17, 15) is 28.9 Å². The maximum atomic E-state index is 12.9. The van der Waals surface area contributed by atoms with Crippen LogP contribution in [0.1, 0.15) is 239 Å².